The van der Waals surface area contributed by atoms with Gasteiger partial charge in [0.25, 0.3) is 0 Å². The zero-order valence-corrected chi connectivity index (χ0v) is 12.3. The van der Waals surface area contributed by atoms with Crippen LogP contribution in [-0.2, 0) is 0 Å². The van der Waals surface area contributed by atoms with Crippen LogP contribution in [0.3, 0.4) is 0 Å². The Labute approximate surface area is 127 Å². The van der Waals surface area contributed by atoms with Crippen LogP contribution in [0.2, 0.25) is 0 Å². The lowest BCUT2D eigenvalue weighted by molar-refractivity contribution is 0.0698. The summed E-state index contributed by atoms with van der Waals surface area (Å²) in [5, 5.41) is 20.3. The molecular formula is C18H15NO3. The zero-order chi connectivity index (χ0) is 15.9. The van der Waals surface area contributed by atoms with Crippen molar-refractivity contribution >= 4 is 16.9 Å². The van der Waals surface area contributed by atoms with Crippen molar-refractivity contribution in [3.63, 3.8) is 0 Å². The van der Waals surface area contributed by atoms with E-state index in [9.17, 15) is 15.0 Å². The van der Waals surface area contributed by atoms with Gasteiger partial charge in [-0.25, -0.2) is 9.78 Å². The van der Waals surface area contributed by atoms with Crippen molar-refractivity contribution in [2.24, 2.45) is 0 Å². The number of pyridine rings is 1. The number of para-hydroxylation sites is 1. The topological polar surface area (TPSA) is 70.4 Å². The predicted octanol–water partition coefficient (Wildman–Crippen LogP) is 3.92. The molecule has 3 rings (SSSR count). The molecule has 3 aromatic rings. The van der Waals surface area contributed by atoms with E-state index in [4.69, 9.17) is 0 Å². The standard InChI is InChI=1S/C18H15NO3/c1-10-7-8-14-13(9-10)16(18(21)22)11(2)17(19-14)12-5-3-4-6-15(12)20/h3-9,20H,1-2H3,(H,21,22). The van der Waals surface area contributed by atoms with Gasteiger partial charge in [-0.05, 0) is 43.7 Å². The molecule has 0 atom stereocenters. The zero-order valence-electron chi connectivity index (χ0n) is 12.3. The van der Waals surface area contributed by atoms with E-state index in [0.717, 1.165) is 5.56 Å². The molecular weight excluding hydrogens is 278 g/mol. The smallest absolute Gasteiger partial charge is 0.336 e. The van der Waals surface area contributed by atoms with Gasteiger partial charge in [0.2, 0.25) is 0 Å². The fourth-order valence-electron chi connectivity index (χ4n) is 2.68. The van der Waals surface area contributed by atoms with E-state index in [2.05, 4.69) is 4.98 Å². The Morgan fingerprint density at radius 2 is 1.82 bits per heavy atom. The Morgan fingerprint density at radius 3 is 2.50 bits per heavy atom. The van der Waals surface area contributed by atoms with Crippen molar-refractivity contribution in [2.75, 3.05) is 0 Å². The predicted molar refractivity (Wildman–Crippen MR) is 85.3 cm³/mol. The van der Waals surface area contributed by atoms with Gasteiger partial charge in [0, 0.05) is 10.9 Å². The molecule has 0 spiro atoms. The minimum absolute atomic E-state index is 0.0842. The van der Waals surface area contributed by atoms with Gasteiger partial charge in [0.1, 0.15) is 5.75 Å². The Balaban J connectivity index is 2.43. The first kappa shape index (κ1) is 14.1. The monoisotopic (exact) mass is 293 g/mol. The summed E-state index contributed by atoms with van der Waals surface area (Å²) >= 11 is 0. The van der Waals surface area contributed by atoms with E-state index in [1.54, 1.807) is 37.3 Å². The molecule has 0 aliphatic heterocycles. The van der Waals surface area contributed by atoms with E-state index in [1.807, 2.05) is 19.1 Å². The first-order valence-corrected chi connectivity index (χ1v) is 6.91. The molecule has 4 heteroatoms. The Kier molecular flexibility index (Phi) is 3.29. The Hall–Kier alpha value is -2.88. The summed E-state index contributed by atoms with van der Waals surface area (Å²) in [6.45, 7) is 3.64. The number of aromatic carboxylic acids is 1. The summed E-state index contributed by atoms with van der Waals surface area (Å²) in [4.78, 5) is 16.3. The van der Waals surface area contributed by atoms with Crippen LogP contribution >= 0.6 is 0 Å². The molecule has 0 unspecified atom stereocenters. The third-order valence-corrected chi connectivity index (χ3v) is 3.76. The molecule has 22 heavy (non-hydrogen) atoms. The minimum atomic E-state index is -0.993. The van der Waals surface area contributed by atoms with Crippen molar-refractivity contribution < 1.29 is 15.0 Å². The largest absolute Gasteiger partial charge is 0.507 e. The first-order valence-electron chi connectivity index (χ1n) is 6.91. The van der Waals surface area contributed by atoms with E-state index < -0.39 is 5.97 Å². The van der Waals surface area contributed by atoms with Gasteiger partial charge in [0.05, 0.1) is 16.8 Å². The number of phenols is 1. The molecule has 0 fully saturated rings. The SMILES string of the molecule is Cc1ccc2nc(-c3ccccc3O)c(C)c(C(=O)O)c2c1. The minimum Gasteiger partial charge on any atom is -0.507 e. The maximum atomic E-state index is 11.7. The van der Waals surface area contributed by atoms with Crippen LogP contribution in [0.25, 0.3) is 22.2 Å². The van der Waals surface area contributed by atoms with E-state index in [1.165, 1.54) is 0 Å². The third-order valence-electron chi connectivity index (χ3n) is 3.76. The Morgan fingerprint density at radius 1 is 1.09 bits per heavy atom. The second kappa shape index (κ2) is 5.15. The summed E-state index contributed by atoms with van der Waals surface area (Å²) in [5.41, 5.74) is 3.38. The van der Waals surface area contributed by atoms with Gasteiger partial charge in [-0.2, -0.15) is 0 Å². The quantitative estimate of drug-likeness (QED) is 0.751. The summed E-state index contributed by atoms with van der Waals surface area (Å²) in [6, 6.07) is 12.3. The van der Waals surface area contributed by atoms with Crippen LogP contribution in [0.4, 0.5) is 0 Å². The van der Waals surface area contributed by atoms with Gasteiger partial charge >= 0.3 is 5.97 Å². The molecule has 0 bridgehead atoms. The van der Waals surface area contributed by atoms with E-state index in [0.29, 0.717) is 27.7 Å². The maximum Gasteiger partial charge on any atom is 0.336 e. The molecule has 2 N–H and O–H groups in total. The number of aromatic hydroxyl groups is 1. The number of fused-ring (bicyclic) bond motifs is 1. The summed E-state index contributed by atoms with van der Waals surface area (Å²) in [6.07, 6.45) is 0. The van der Waals surface area contributed by atoms with Gasteiger partial charge in [-0.3, -0.25) is 0 Å². The van der Waals surface area contributed by atoms with Crippen molar-refractivity contribution in [1.82, 2.24) is 4.98 Å². The maximum absolute atomic E-state index is 11.7. The number of nitrogens with zero attached hydrogens (tertiary/aromatic N) is 1. The van der Waals surface area contributed by atoms with Crippen LogP contribution in [0, 0.1) is 13.8 Å². The highest BCUT2D eigenvalue weighted by Crippen LogP contribution is 2.34. The van der Waals surface area contributed by atoms with Crippen LogP contribution in [0.15, 0.2) is 42.5 Å². The molecule has 4 nitrogen and oxygen atoms in total. The molecule has 110 valence electrons. The number of carboxylic acids is 1. The number of hydrogen-bond acceptors (Lipinski definition) is 3. The number of phenolic OH excluding ortho intramolecular Hbond substituents is 1. The van der Waals surface area contributed by atoms with Crippen LogP contribution in [0.1, 0.15) is 21.5 Å². The highest BCUT2D eigenvalue weighted by Gasteiger charge is 2.19. The number of rotatable bonds is 2. The van der Waals surface area contributed by atoms with E-state index >= 15 is 0 Å². The van der Waals surface area contributed by atoms with Crippen molar-refractivity contribution in [3.05, 3.63) is 59.2 Å². The lowest BCUT2D eigenvalue weighted by atomic mass is 9.96. The molecule has 0 radical (unpaired) electrons. The molecule has 0 saturated heterocycles. The van der Waals surface area contributed by atoms with Crippen molar-refractivity contribution in [1.29, 1.82) is 0 Å². The number of aryl methyl sites for hydroxylation is 1. The molecule has 2 aromatic carbocycles. The number of hydrogen-bond donors (Lipinski definition) is 2. The van der Waals surface area contributed by atoms with Gasteiger partial charge in [-0.1, -0.05) is 23.8 Å². The number of carboxylic acid groups (broad SMARTS) is 1. The lowest BCUT2D eigenvalue weighted by Gasteiger charge is -2.13. The average Bonchev–Trinajstić information content (AvgIpc) is 2.47. The van der Waals surface area contributed by atoms with Gasteiger partial charge in [0.15, 0.2) is 0 Å². The highest BCUT2D eigenvalue weighted by atomic mass is 16.4. The third kappa shape index (κ3) is 2.19. The second-order valence-corrected chi connectivity index (χ2v) is 5.30. The Bertz CT molecular complexity index is 900. The molecule has 1 heterocycles. The number of aromatic nitrogens is 1. The van der Waals surface area contributed by atoms with Gasteiger partial charge in [-0.15, -0.1) is 0 Å². The number of carbonyl (C=O) groups is 1. The lowest BCUT2D eigenvalue weighted by Crippen LogP contribution is -2.05. The van der Waals surface area contributed by atoms with Crippen LogP contribution in [-0.4, -0.2) is 21.2 Å². The van der Waals surface area contributed by atoms with Crippen LogP contribution < -0.4 is 0 Å². The summed E-state index contributed by atoms with van der Waals surface area (Å²) < 4.78 is 0. The molecule has 0 aliphatic rings. The van der Waals surface area contributed by atoms with E-state index in [-0.39, 0.29) is 11.3 Å². The van der Waals surface area contributed by atoms with Gasteiger partial charge < -0.3 is 10.2 Å². The normalized spacial score (nSPS) is 10.8. The van der Waals surface area contributed by atoms with Crippen molar-refractivity contribution in [2.45, 2.75) is 13.8 Å². The fraction of sp³-hybridized carbons (Fsp3) is 0.111. The summed E-state index contributed by atoms with van der Waals surface area (Å²) in [7, 11) is 0. The molecule has 1 aromatic heterocycles. The van der Waals surface area contributed by atoms with Crippen LogP contribution in [0.5, 0.6) is 5.75 Å². The molecule has 0 amide bonds. The molecule has 0 saturated carbocycles. The second-order valence-electron chi connectivity index (χ2n) is 5.30. The summed E-state index contributed by atoms with van der Waals surface area (Å²) in [5.74, 6) is -0.909. The molecule has 0 aliphatic carbocycles. The van der Waals surface area contributed by atoms with Crippen molar-refractivity contribution in [3.8, 4) is 17.0 Å². The average molecular weight is 293 g/mol. The fourth-order valence-corrected chi connectivity index (χ4v) is 2.68. The highest BCUT2D eigenvalue weighted by molar-refractivity contribution is 6.06. The number of benzene rings is 2. The first-order chi connectivity index (χ1) is 10.5.